The van der Waals surface area contributed by atoms with Crippen molar-refractivity contribution in [2.75, 3.05) is 31.1 Å². The van der Waals surface area contributed by atoms with E-state index in [0.29, 0.717) is 17.5 Å². The minimum Gasteiger partial charge on any atom is -0.508 e. The monoisotopic (exact) mass is 1190 g/mol. The minimum absolute atomic E-state index is 0.0128. The van der Waals surface area contributed by atoms with Crippen LogP contribution in [-0.2, 0) is 75.2 Å². The minimum atomic E-state index is -1.77. The first-order valence-corrected chi connectivity index (χ1v) is 27.9. The Morgan fingerprint density at radius 3 is 1.83 bits per heavy atom. The molecule has 11 amide bonds. The van der Waals surface area contributed by atoms with Gasteiger partial charge in [-0.15, -0.1) is 0 Å². The highest BCUT2D eigenvalue weighted by molar-refractivity contribution is 8.76. The number of hydrogen-bond acceptors (Lipinski definition) is 17. The molecule has 2 saturated heterocycles. The van der Waals surface area contributed by atoms with Crippen LogP contribution in [0.2, 0.25) is 0 Å². The molecule has 0 aromatic heterocycles. The lowest BCUT2D eigenvalue weighted by Crippen LogP contribution is -2.61. The summed E-state index contributed by atoms with van der Waals surface area (Å²) in [6, 6.07) is 4.52. The van der Waals surface area contributed by atoms with E-state index in [1.165, 1.54) is 17.0 Å². The number of hydrogen-bond donors (Lipinski definition) is 15. The number of carbonyl (C=O) groups is 13. The van der Waals surface area contributed by atoms with Gasteiger partial charge < -0.3 is 86.1 Å². The lowest BCUT2D eigenvalue weighted by Gasteiger charge is -2.31. The maximum Gasteiger partial charge on any atom is 0.300 e. The number of phenolic OH excluding ortho intramolecular Hbond substituents is 1. The van der Waals surface area contributed by atoms with Crippen LogP contribution < -0.4 is 65.9 Å². The highest BCUT2D eigenvalue weighted by atomic mass is 33.1. The first kappa shape index (κ1) is 69.4. The van der Waals surface area contributed by atoms with Gasteiger partial charge in [0.15, 0.2) is 5.96 Å². The van der Waals surface area contributed by atoms with Crippen molar-refractivity contribution in [2.45, 2.75) is 120 Å². The van der Waals surface area contributed by atoms with Crippen molar-refractivity contribution in [3.63, 3.8) is 0 Å². The summed E-state index contributed by atoms with van der Waals surface area (Å²) in [7, 11) is 2.19. The van der Waals surface area contributed by atoms with Gasteiger partial charge in [-0.05, 0) is 55.4 Å². The standard InChI is InChI=1S/C46H64N14O12S2.2C2H4O2/c47-35(62)15-14-29-40(67)58-32(22-36(48)63)43(70)59-33(45(72)60-18-5-9-34(60)44(71)56-28(8-4-17-52-46(50)51)39(66)53-23-37(49)64)24-74-73-19-16-38(65)54-30(21-26-10-12-27(61)13-11-26)41(68)57-31(42(69)55-29)20-25-6-2-1-3-7-25;2*1-2(3)4/h1-3,6-7,10-13,28-34,61H,4-5,8-9,14-24H2,(H2,47,62)(H2,48,63)(H2,49,64)(H,53,66)(H,54,65)(H,55,69)(H,56,71)(H,57,68)(H,58,67)(H,59,70)(H4,50,51,52);2*1H3,(H,3,4). The number of nitrogens with two attached hydrogens (primary N) is 5. The molecule has 0 saturated carbocycles. The van der Waals surface area contributed by atoms with Crippen LogP contribution in [0.4, 0.5) is 0 Å². The Hall–Kier alpha value is -8.68. The number of aliphatic carboxylic acids is 2. The summed E-state index contributed by atoms with van der Waals surface area (Å²) in [5.41, 5.74) is 28.1. The predicted molar refractivity (Wildman–Crippen MR) is 299 cm³/mol. The zero-order valence-corrected chi connectivity index (χ0v) is 46.7. The molecule has 2 aromatic rings. The molecule has 2 aliphatic rings. The number of benzene rings is 2. The summed E-state index contributed by atoms with van der Waals surface area (Å²) in [6.45, 7) is 1.77. The lowest BCUT2D eigenvalue weighted by molar-refractivity contribution is -0.142. The Labute approximate surface area is 479 Å². The third kappa shape index (κ3) is 28.0. The molecule has 7 unspecified atom stereocenters. The number of carboxylic acid groups (broad SMARTS) is 2. The number of guanidine groups is 1. The molecule has 30 nitrogen and oxygen atoms in total. The van der Waals surface area contributed by atoms with E-state index in [0.717, 1.165) is 35.4 Å². The van der Waals surface area contributed by atoms with Gasteiger partial charge in [0.1, 0.15) is 48.0 Å². The molecule has 2 fully saturated rings. The number of aliphatic imine (C=N–C) groups is 1. The summed E-state index contributed by atoms with van der Waals surface area (Å²) < 4.78 is 0. The smallest absolute Gasteiger partial charge is 0.300 e. The molecule has 0 aliphatic carbocycles. The first-order valence-electron chi connectivity index (χ1n) is 25.4. The Morgan fingerprint density at radius 1 is 0.707 bits per heavy atom. The number of likely N-dealkylation sites (tertiary alicyclic amines) is 1. The number of nitrogens with one attached hydrogen (secondary N) is 7. The summed E-state index contributed by atoms with van der Waals surface area (Å²) in [6.07, 6.45) is -1.34. The fraction of sp³-hybridized carbons (Fsp3) is 0.480. The zero-order chi connectivity index (χ0) is 61.5. The summed E-state index contributed by atoms with van der Waals surface area (Å²) in [4.78, 5) is 171. The number of phenols is 1. The lowest BCUT2D eigenvalue weighted by atomic mass is 10.0. The Balaban J connectivity index is 0.00000268. The number of nitrogens with zero attached hydrogens (tertiary/aromatic N) is 2. The molecule has 20 N–H and O–H groups in total. The number of carbonyl (C=O) groups excluding carboxylic acids is 11. The van der Waals surface area contributed by atoms with E-state index in [1.54, 1.807) is 42.5 Å². The number of carboxylic acids is 2. The molecule has 450 valence electrons. The number of amides is 11. The van der Waals surface area contributed by atoms with E-state index >= 15 is 0 Å². The molecule has 2 aromatic carbocycles. The van der Waals surface area contributed by atoms with Crippen LogP contribution in [0.15, 0.2) is 59.6 Å². The molecule has 2 aliphatic heterocycles. The van der Waals surface area contributed by atoms with Gasteiger partial charge in [0, 0.05) is 64.1 Å². The highest BCUT2D eigenvalue weighted by Gasteiger charge is 2.40. The highest BCUT2D eigenvalue weighted by Crippen LogP contribution is 2.26. The molecule has 82 heavy (non-hydrogen) atoms. The van der Waals surface area contributed by atoms with Crippen molar-refractivity contribution in [3.05, 3.63) is 65.7 Å². The predicted octanol–water partition coefficient (Wildman–Crippen LogP) is -4.16. The Kier molecular flexibility index (Phi) is 30.9. The van der Waals surface area contributed by atoms with Crippen LogP contribution in [0.25, 0.3) is 0 Å². The molecule has 0 bridgehead atoms. The maximum atomic E-state index is 14.6. The van der Waals surface area contributed by atoms with E-state index in [1.807, 2.05) is 0 Å². The normalized spacial score (nSPS) is 20.2. The molecule has 0 spiro atoms. The van der Waals surface area contributed by atoms with E-state index in [2.05, 4.69) is 42.2 Å². The van der Waals surface area contributed by atoms with E-state index in [4.69, 9.17) is 48.5 Å². The Bertz CT molecular complexity index is 2570. The summed E-state index contributed by atoms with van der Waals surface area (Å²) >= 11 is 0. The second kappa shape index (κ2) is 36.6. The molecule has 2 heterocycles. The van der Waals surface area contributed by atoms with Crippen molar-refractivity contribution in [2.24, 2.45) is 33.7 Å². The molecular weight excluding hydrogens is 1120 g/mol. The largest absolute Gasteiger partial charge is 0.508 e. The fourth-order valence-corrected chi connectivity index (χ4v) is 9.93. The maximum absolute atomic E-state index is 14.6. The van der Waals surface area contributed by atoms with Crippen molar-refractivity contribution in [1.29, 1.82) is 0 Å². The zero-order valence-electron chi connectivity index (χ0n) is 45.1. The average molecular weight is 1190 g/mol. The van der Waals surface area contributed by atoms with Crippen LogP contribution in [0, 0.1) is 0 Å². The van der Waals surface area contributed by atoms with Crippen LogP contribution in [0.5, 0.6) is 5.75 Å². The van der Waals surface area contributed by atoms with E-state index < -0.39 is 145 Å². The van der Waals surface area contributed by atoms with Crippen LogP contribution in [-0.4, -0.2) is 177 Å². The van der Waals surface area contributed by atoms with Crippen LogP contribution in [0.3, 0.4) is 0 Å². The number of aromatic hydroxyl groups is 1. The van der Waals surface area contributed by atoms with Crippen LogP contribution >= 0.6 is 21.6 Å². The first-order chi connectivity index (χ1) is 38.7. The topological polar surface area (TPSA) is 513 Å². The van der Waals surface area contributed by atoms with Gasteiger partial charge in [-0.3, -0.25) is 67.3 Å². The van der Waals surface area contributed by atoms with Crippen LogP contribution in [0.1, 0.15) is 76.3 Å². The number of rotatable bonds is 19. The van der Waals surface area contributed by atoms with E-state index in [-0.39, 0.29) is 74.8 Å². The Morgan fingerprint density at radius 2 is 1.26 bits per heavy atom. The third-order valence-corrected chi connectivity index (χ3v) is 13.9. The van der Waals surface area contributed by atoms with Crippen molar-refractivity contribution in [1.82, 2.24) is 42.1 Å². The second-order valence-corrected chi connectivity index (χ2v) is 21.0. The summed E-state index contributed by atoms with van der Waals surface area (Å²) in [5, 5.41) is 42.6. The van der Waals surface area contributed by atoms with Gasteiger partial charge in [0.2, 0.25) is 65.0 Å². The molecule has 4 rings (SSSR count). The van der Waals surface area contributed by atoms with E-state index in [9.17, 15) is 57.8 Å². The molecule has 7 atom stereocenters. The molecule has 32 heteroatoms. The van der Waals surface area contributed by atoms with Crippen molar-refractivity contribution < 1.29 is 77.6 Å². The van der Waals surface area contributed by atoms with Gasteiger partial charge in [0.05, 0.1) is 13.0 Å². The SMILES string of the molecule is CC(=O)O.CC(=O)O.NC(=O)CCC1NC(=O)C(Cc2ccccc2)NC(=O)C(Cc2ccc(O)cc2)NC(=O)CCSSCC(C(=O)N2CCCC2C(=O)NC(CCCN=C(N)N)C(=O)NCC(N)=O)NC(=O)C(CC(N)=O)NC1=O. The van der Waals surface area contributed by atoms with Gasteiger partial charge in [0.25, 0.3) is 11.9 Å². The molecule has 0 radical (unpaired) electrons. The quantitative estimate of drug-likeness (QED) is 0.0275. The average Bonchev–Trinajstić information content (AvgIpc) is 4.04. The van der Waals surface area contributed by atoms with Gasteiger partial charge >= 0.3 is 0 Å². The summed E-state index contributed by atoms with van der Waals surface area (Å²) in [5.74, 6) is -11.4. The second-order valence-electron chi connectivity index (χ2n) is 18.4. The van der Waals surface area contributed by atoms with Crippen molar-refractivity contribution >= 4 is 104 Å². The van der Waals surface area contributed by atoms with Gasteiger partial charge in [-0.2, -0.15) is 0 Å². The van der Waals surface area contributed by atoms with Gasteiger partial charge in [-0.1, -0.05) is 64.1 Å². The fourth-order valence-electron chi connectivity index (χ4n) is 7.78. The molecular formula is C50H72N14O16S2. The van der Waals surface area contributed by atoms with Crippen molar-refractivity contribution in [3.8, 4) is 5.75 Å². The number of primary amides is 3. The van der Waals surface area contributed by atoms with Gasteiger partial charge in [-0.25, -0.2) is 0 Å². The third-order valence-electron chi connectivity index (χ3n) is 11.5.